The lowest BCUT2D eigenvalue weighted by Gasteiger charge is -1.99. The zero-order chi connectivity index (χ0) is 11.5. The van der Waals surface area contributed by atoms with Crippen LogP contribution in [0.4, 0.5) is 0 Å². The molecule has 2 nitrogen and oxygen atoms in total. The highest BCUT2D eigenvalue weighted by Gasteiger charge is 2.06. The zero-order valence-electron chi connectivity index (χ0n) is 9.21. The molecule has 0 heterocycles. The van der Waals surface area contributed by atoms with Crippen LogP contribution in [0, 0.1) is 23.7 Å². The Hall–Kier alpha value is -1.51. The smallest absolute Gasteiger partial charge is 0.136 e. The molecule has 0 aromatic carbocycles. The fraction of sp³-hybridized carbons (Fsp3) is 0.462. The van der Waals surface area contributed by atoms with Crippen LogP contribution in [-0.4, -0.2) is 17.0 Å². The molecule has 0 aromatic rings. The van der Waals surface area contributed by atoms with E-state index in [2.05, 4.69) is 23.7 Å². The summed E-state index contributed by atoms with van der Waals surface area (Å²) in [6.07, 6.45) is 4.00. The quantitative estimate of drug-likeness (QED) is 0.707. The number of carbonyl (C=O) groups excluding carboxylic acids is 1. The molecule has 1 N–H and O–H groups in total. The van der Waals surface area contributed by atoms with Gasteiger partial charge in [0.2, 0.25) is 0 Å². The Morgan fingerprint density at radius 1 is 1.47 bits per heavy atom. The number of aliphatic hydroxyl groups is 1. The van der Waals surface area contributed by atoms with E-state index < -0.39 is 6.10 Å². The van der Waals surface area contributed by atoms with Crippen molar-refractivity contribution in [1.29, 1.82) is 0 Å². The number of hydrogen-bond acceptors (Lipinski definition) is 2. The second-order valence-electron chi connectivity index (χ2n) is 3.05. The van der Waals surface area contributed by atoms with Crippen LogP contribution in [0.1, 0.15) is 33.1 Å². The Morgan fingerprint density at radius 2 is 2.20 bits per heavy atom. The molecular weight excluding hydrogens is 188 g/mol. The molecule has 0 aromatic heterocycles. The first-order chi connectivity index (χ1) is 7.20. The van der Waals surface area contributed by atoms with Crippen LogP contribution in [-0.2, 0) is 4.79 Å². The molecule has 0 bridgehead atoms. The summed E-state index contributed by atoms with van der Waals surface area (Å²) in [6, 6.07) is 0. The van der Waals surface area contributed by atoms with E-state index >= 15 is 0 Å². The van der Waals surface area contributed by atoms with Gasteiger partial charge in [0.05, 0.1) is 0 Å². The summed E-state index contributed by atoms with van der Waals surface area (Å²) in [6.45, 7) is 3.79. The van der Waals surface area contributed by atoms with Gasteiger partial charge in [0.25, 0.3) is 0 Å². The van der Waals surface area contributed by atoms with Gasteiger partial charge in [-0.2, -0.15) is 0 Å². The lowest BCUT2D eigenvalue weighted by molar-refractivity contribution is -0.120. The van der Waals surface area contributed by atoms with Crippen molar-refractivity contribution >= 4 is 5.78 Å². The normalized spacial score (nSPS) is 11.1. The predicted octanol–water partition coefficient (Wildman–Crippen LogP) is 1.69. The molecule has 0 radical (unpaired) electrons. The van der Waals surface area contributed by atoms with Crippen molar-refractivity contribution in [3.8, 4) is 23.7 Å². The van der Waals surface area contributed by atoms with Crippen LogP contribution in [0.3, 0.4) is 0 Å². The van der Waals surface area contributed by atoms with E-state index in [0.717, 1.165) is 6.42 Å². The van der Waals surface area contributed by atoms with Crippen molar-refractivity contribution in [2.24, 2.45) is 0 Å². The van der Waals surface area contributed by atoms with Gasteiger partial charge in [-0.05, 0) is 31.3 Å². The largest absolute Gasteiger partial charge is 0.380 e. The molecule has 0 unspecified atom stereocenters. The molecule has 80 valence electrons. The molecule has 15 heavy (non-hydrogen) atoms. The maximum atomic E-state index is 11.1. The fourth-order valence-corrected chi connectivity index (χ4v) is 0.928. The van der Waals surface area contributed by atoms with Gasteiger partial charge in [0.15, 0.2) is 0 Å². The molecule has 0 aliphatic heterocycles. The van der Waals surface area contributed by atoms with Gasteiger partial charge < -0.3 is 5.11 Å². The van der Waals surface area contributed by atoms with Crippen LogP contribution in [0.25, 0.3) is 0 Å². The highest BCUT2D eigenvalue weighted by Crippen LogP contribution is 1.97. The zero-order valence-corrected chi connectivity index (χ0v) is 9.21. The number of carbonyl (C=O) groups is 1. The summed E-state index contributed by atoms with van der Waals surface area (Å²) in [7, 11) is 0. The summed E-state index contributed by atoms with van der Waals surface area (Å²) in [4.78, 5) is 11.1. The average Bonchev–Trinajstić information content (AvgIpc) is 2.17. The SMILES string of the molecule is CC=CC#CC#C[C@@H](O)CC(=O)CCC. The lowest BCUT2D eigenvalue weighted by Crippen LogP contribution is -2.10. The number of aliphatic hydroxyl groups excluding tert-OH is 1. The van der Waals surface area contributed by atoms with Gasteiger partial charge in [-0.15, -0.1) is 0 Å². The summed E-state index contributed by atoms with van der Waals surface area (Å²) in [5.41, 5.74) is 0. The third-order valence-electron chi connectivity index (χ3n) is 1.57. The van der Waals surface area contributed by atoms with E-state index in [0.29, 0.717) is 6.42 Å². The van der Waals surface area contributed by atoms with E-state index in [1.165, 1.54) is 0 Å². The van der Waals surface area contributed by atoms with E-state index in [1.54, 1.807) is 12.2 Å². The molecule has 0 saturated carbocycles. The van der Waals surface area contributed by atoms with Gasteiger partial charge in [-0.1, -0.05) is 24.8 Å². The van der Waals surface area contributed by atoms with Crippen LogP contribution in [0.5, 0.6) is 0 Å². The molecular formula is C13H16O2. The topological polar surface area (TPSA) is 37.3 Å². The van der Waals surface area contributed by atoms with Gasteiger partial charge in [-0.25, -0.2) is 0 Å². The first-order valence-corrected chi connectivity index (χ1v) is 5.02. The predicted molar refractivity (Wildman–Crippen MR) is 60.9 cm³/mol. The monoisotopic (exact) mass is 204 g/mol. The van der Waals surface area contributed by atoms with Crippen molar-refractivity contribution in [2.45, 2.75) is 39.2 Å². The van der Waals surface area contributed by atoms with Gasteiger partial charge in [-0.3, -0.25) is 4.79 Å². The van der Waals surface area contributed by atoms with Gasteiger partial charge in [0.1, 0.15) is 11.9 Å². The molecule has 0 saturated heterocycles. The second-order valence-corrected chi connectivity index (χ2v) is 3.05. The van der Waals surface area contributed by atoms with Gasteiger partial charge >= 0.3 is 0 Å². The van der Waals surface area contributed by atoms with Crippen molar-refractivity contribution in [2.75, 3.05) is 0 Å². The number of rotatable bonds is 4. The summed E-state index contributed by atoms with van der Waals surface area (Å²) >= 11 is 0. The number of allylic oxidation sites excluding steroid dienone is 2. The molecule has 0 fully saturated rings. The molecule has 0 amide bonds. The Labute approximate surface area is 91.4 Å². The van der Waals surface area contributed by atoms with Crippen molar-refractivity contribution in [3.63, 3.8) is 0 Å². The Balaban J connectivity index is 3.98. The van der Waals surface area contributed by atoms with E-state index in [4.69, 9.17) is 0 Å². The van der Waals surface area contributed by atoms with E-state index in [9.17, 15) is 9.90 Å². The Kier molecular flexibility index (Phi) is 8.15. The van der Waals surface area contributed by atoms with Crippen LogP contribution in [0.2, 0.25) is 0 Å². The van der Waals surface area contributed by atoms with E-state index in [1.807, 2.05) is 13.8 Å². The third-order valence-corrected chi connectivity index (χ3v) is 1.57. The number of hydrogen-bond donors (Lipinski definition) is 1. The maximum absolute atomic E-state index is 11.1. The number of Topliss-reactive ketones (excluding diaryl/α,β-unsaturated/α-hetero) is 1. The molecule has 0 spiro atoms. The summed E-state index contributed by atoms with van der Waals surface area (Å²) in [5.74, 6) is 10.3. The van der Waals surface area contributed by atoms with Crippen LogP contribution < -0.4 is 0 Å². The first kappa shape index (κ1) is 13.5. The first-order valence-electron chi connectivity index (χ1n) is 5.02. The fourth-order valence-electron chi connectivity index (χ4n) is 0.928. The van der Waals surface area contributed by atoms with Crippen molar-refractivity contribution in [3.05, 3.63) is 12.2 Å². The van der Waals surface area contributed by atoms with E-state index in [-0.39, 0.29) is 12.2 Å². The average molecular weight is 204 g/mol. The minimum Gasteiger partial charge on any atom is -0.380 e. The van der Waals surface area contributed by atoms with Crippen LogP contribution >= 0.6 is 0 Å². The Bertz CT molecular complexity index is 331. The van der Waals surface area contributed by atoms with Crippen molar-refractivity contribution < 1.29 is 9.90 Å². The molecule has 0 aliphatic carbocycles. The molecule has 0 rings (SSSR count). The van der Waals surface area contributed by atoms with Gasteiger partial charge in [0, 0.05) is 12.8 Å². The summed E-state index contributed by atoms with van der Waals surface area (Å²) < 4.78 is 0. The Morgan fingerprint density at radius 3 is 2.80 bits per heavy atom. The molecule has 2 heteroatoms. The second kappa shape index (κ2) is 9.06. The van der Waals surface area contributed by atoms with Crippen LogP contribution in [0.15, 0.2) is 12.2 Å². The standard InChI is InChI=1S/C13H16O2/c1-3-5-6-7-8-10-13(15)11-12(14)9-4-2/h3,5,13,15H,4,9,11H2,1-2H3/t13-/m1/s1. The third kappa shape index (κ3) is 8.81. The molecule has 1 atom stereocenters. The van der Waals surface area contributed by atoms with Crippen molar-refractivity contribution in [1.82, 2.24) is 0 Å². The lowest BCUT2D eigenvalue weighted by atomic mass is 10.1. The molecule has 0 aliphatic rings. The highest BCUT2D eigenvalue weighted by molar-refractivity contribution is 5.79. The summed E-state index contributed by atoms with van der Waals surface area (Å²) in [5, 5.41) is 9.32. The minimum atomic E-state index is -0.885. The number of ketones is 1. The minimum absolute atomic E-state index is 0.0423. The highest BCUT2D eigenvalue weighted by atomic mass is 16.3. The maximum Gasteiger partial charge on any atom is 0.136 e.